The van der Waals surface area contributed by atoms with Gasteiger partial charge in [-0.2, -0.15) is 0 Å². The summed E-state index contributed by atoms with van der Waals surface area (Å²) in [5.41, 5.74) is 1.70. The second-order valence-corrected chi connectivity index (χ2v) is 10.1. The Labute approximate surface area is 213 Å². The molecule has 3 aromatic rings. The number of phenolic OH excluding ortho intramolecular Hbond substituents is 1. The fourth-order valence-corrected chi connectivity index (χ4v) is 6.17. The lowest BCUT2D eigenvalue weighted by Gasteiger charge is -2.29. The summed E-state index contributed by atoms with van der Waals surface area (Å²) in [6, 6.07) is 21.1. The average molecular weight is 502 g/mol. The fraction of sp³-hybridized carbons (Fsp3) is 0.250. The molecule has 3 aliphatic heterocycles. The third kappa shape index (κ3) is 3.42. The lowest BCUT2D eigenvalue weighted by molar-refractivity contribution is -0.142. The molecule has 3 heterocycles. The lowest BCUT2D eigenvalue weighted by Crippen LogP contribution is -2.53. The smallest absolute Gasteiger partial charge is 0.250 e. The molecule has 3 amide bonds. The zero-order valence-corrected chi connectivity index (χ0v) is 20.0. The molecule has 0 aromatic heterocycles. The zero-order chi connectivity index (χ0) is 25.0. The Bertz CT molecular complexity index is 1380. The lowest BCUT2D eigenvalue weighted by atomic mass is 9.76. The molecule has 0 bridgehead atoms. The Hall–Kier alpha value is -3.68. The minimum atomic E-state index is -1.39. The summed E-state index contributed by atoms with van der Waals surface area (Å²) in [7, 11) is 0. The van der Waals surface area contributed by atoms with E-state index in [1.807, 2.05) is 30.3 Å². The van der Waals surface area contributed by atoms with Gasteiger partial charge in [0.25, 0.3) is 0 Å². The van der Waals surface area contributed by atoms with Gasteiger partial charge >= 0.3 is 0 Å². The minimum absolute atomic E-state index is 0.144. The molecule has 0 saturated carbocycles. The molecule has 2 saturated heterocycles. The van der Waals surface area contributed by atoms with Gasteiger partial charge in [0, 0.05) is 28.9 Å². The van der Waals surface area contributed by atoms with Gasteiger partial charge in [-0.15, -0.1) is 0 Å². The van der Waals surface area contributed by atoms with Gasteiger partial charge in [-0.1, -0.05) is 54.1 Å². The second-order valence-electron chi connectivity index (χ2n) is 9.64. The van der Waals surface area contributed by atoms with Crippen LogP contribution in [0.2, 0.25) is 5.02 Å². The minimum Gasteiger partial charge on any atom is -0.508 e. The molecule has 8 heteroatoms. The van der Waals surface area contributed by atoms with E-state index in [0.29, 0.717) is 29.1 Å². The molecule has 182 valence electrons. The van der Waals surface area contributed by atoms with Gasteiger partial charge in [0.05, 0.1) is 11.8 Å². The van der Waals surface area contributed by atoms with Crippen molar-refractivity contribution >= 4 is 35.0 Å². The van der Waals surface area contributed by atoms with Crippen LogP contribution in [0.3, 0.4) is 0 Å². The SMILES string of the molecule is O=C1[C@H]2[C@@H](C(=O)N1CCc1ccccc1)[C@]1(N[C@@H]2Cc2ccc(O)cc2)C(=O)Nc2ccc(Cl)cc21. The number of anilines is 1. The molecule has 0 radical (unpaired) electrons. The van der Waals surface area contributed by atoms with E-state index in [2.05, 4.69) is 10.6 Å². The summed E-state index contributed by atoms with van der Waals surface area (Å²) >= 11 is 6.32. The van der Waals surface area contributed by atoms with Crippen LogP contribution in [-0.4, -0.2) is 40.3 Å². The van der Waals surface area contributed by atoms with Gasteiger partial charge in [-0.3, -0.25) is 24.6 Å². The van der Waals surface area contributed by atoms with E-state index in [9.17, 15) is 19.5 Å². The summed E-state index contributed by atoms with van der Waals surface area (Å²) in [5.74, 6) is -2.42. The molecular weight excluding hydrogens is 478 g/mol. The van der Waals surface area contributed by atoms with E-state index >= 15 is 0 Å². The Morgan fingerprint density at radius 3 is 2.42 bits per heavy atom. The van der Waals surface area contributed by atoms with Gasteiger partial charge in [0.15, 0.2) is 0 Å². The predicted octanol–water partition coefficient (Wildman–Crippen LogP) is 3.25. The highest BCUT2D eigenvalue weighted by molar-refractivity contribution is 6.31. The number of halogens is 1. The Morgan fingerprint density at radius 2 is 1.67 bits per heavy atom. The number of benzene rings is 3. The molecule has 36 heavy (non-hydrogen) atoms. The van der Waals surface area contributed by atoms with E-state index in [4.69, 9.17) is 11.6 Å². The van der Waals surface area contributed by atoms with Gasteiger partial charge in [0.2, 0.25) is 17.7 Å². The van der Waals surface area contributed by atoms with Crippen molar-refractivity contribution in [2.45, 2.75) is 24.4 Å². The van der Waals surface area contributed by atoms with E-state index in [-0.39, 0.29) is 30.0 Å². The van der Waals surface area contributed by atoms with Crippen molar-refractivity contribution < 1.29 is 19.5 Å². The quantitative estimate of drug-likeness (QED) is 0.466. The van der Waals surface area contributed by atoms with Crippen molar-refractivity contribution in [1.29, 1.82) is 0 Å². The number of phenols is 1. The van der Waals surface area contributed by atoms with E-state index in [0.717, 1.165) is 11.1 Å². The number of rotatable bonds is 5. The highest BCUT2D eigenvalue weighted by Gasteiger charge is 2.70. The molecule has 4 atom stereocenters. The van der Waals surface area contributed by atoms with Crippen molar-refractivity contribution in [2.24, 2.45) is 11.8 Å². The first-order chi connectivity index (χ1) is 17.4. The predicted molar refractivity (Wildman–Crippen MR) is 134 cm³/mol. The van der Waals surface area contributed by atoms with Crippen molar-refractivity contribution in [1.82, 2.24) is 10.2 Å². The number of fused-ring (bicyclic) bond motifs is 4. The van der Waals surface area contributed by atoms with Crippen LogP contribution in [0.15, 0.2) is 72.8 Å². The van der Waals surface area contributed by atoms with Crippen LogP contribution in [0.1, 0.15) is 16.7 Å². The zero-order valence-electron chi connectivity index (χ0n) is 19.3. The summed E-state index contributed by atoms with van der Waals surface area (Å²) < 4.78 is 0. The Balaban J connectivity index is 1.40. The van der Waals surface area contributed by atoms with Crippen LogP contribution in [0.4, 0.5) is 5.69 Å². The van der Waals surface area contributed by atoms with Gasteiger partial charge in [-0.05, 0) is 54.3 Å². The largest absolute Gasteiger partial charge is 0.508 e. The number of nitrogens with one attached hydrogen (secondary N) is 2. The van der Waals surface area contributed by atoms with Gasteiger partial charge in [0.1, 0.15) is 11.3 Å². The molecule has 3 aromatic carbocycles. The van der Waals surface area contributed by atoms with Crippen LogP contribution in [-0.2, 0) is 32.8 Å². The van der Waals surface area contributed by atoms with Crippen LogP contribution in [0.25, 0.3) is 0 Å². The maximum Gasteiger partial charge on any atom is 0.250 e. The molecule has 1 spiro atoms. The third-order valence-corrected chi connectivity index (χ3v) is 7.86. The molecule has 3 aliphatic rings. The van der Waals surface area contributed by atoms with Crippen molar-refractivity contribution in [3.8, 4) is 5.75 Å². The number of hydrogen-bond acceptors (Lipinski definition) is 5. The fourth-order valence-electron chi connectivity index (χ4n) is 6.00. The van der Waals surface area contributed by atoms with Crippen LogP contribution >= 0.6 is 11.6 Å². The van der Waals surface area contributed by atoms with Crippen molar-refractivity contribution in [2.75, 3.05) is 11.9 Å². The highest BCUT2D eigenvalue weighted by atomic mass is 35.5. The molecular formula is C28H24ClN3O4. The number of nitrogens with zero attached hydrogens (tertiary/aromatic N) is 1. The molecule has 2 fully saturated rings. The molecule has 0 unspecified atom stereocenters. The molecule has 0 aliphatic carbocycles. The number of aromatic hydroxyl groups is 1. The maximum atomic E-state index is 13.9. The van der Waals surface area contributed by atoms with Crippen LogP contribution < -0.4 is 10.6 Å². The summed E-state index contributed by atoms with van der Waals surface area (Å²) in [5, 5.41) is 16.4. The summed E-state index contributed by atoms with van der Waals surface area (Å²) in [4.78, 5) is 42.5. The third-order valence-electron chi connectivity index (χ3n) is 7.63. The Morgan fingerprint density at radius 1 is 0.917 bits per heavy atom. The van der Waals surface area contributed by atoms with Crippen molar-refractivity contribution in [3.05, 3.63) is 94.5 Å². The standard InChI is InChI=1S/C28H24ClN3O4/c29-18-8-11-21-20(15-18)28(27(36)30-21)24-23(22(31-28)14-17-6-9-19(33)10-7-17)25(34)32(26(24)35)13-12-16-4-2-1-3-5-16/h1-11,15,22-24,31,33H,12-14H2,(H,30,36)/t22-,23-,24+,28+/m1/s1. The number of amides is 3. The van der Waals surface area contributed by atoms with E-state index in [1.165, 1.54) is 4.90 Å². The van der Waals surface area contributed by atoms with Crippen LogP contribution in [0.5, 0.6) is 5.75 Å². The van der Waals surface area contributed by atoms with E-state index < -0.39 is 23.4 Å². The summed E-state index contributed by atoms with van der Waals surface area (Å²) in [6.07, 6.45) is 0.952. The monoisotopic (exact) mass is 501 g/mol. The Kier molecular flexibility index (Phi) is 5.35. The van der Waals surface area contributed by atoms with Gasteiger partial charge < -0.3 is 10.4 Å². The van der Waals surface area contributed by atoms with Crippen LogP contribution in [0, 0.1) is 11.8 Å². The highest BCUT2D eigenvalue weighted by Crippen LogP contribution is 2.53. The first-order valence-electron chi connectivity index (χ1n) is 11.9. The number of likely N-dealkylation sites (tertiary alicyclic amines) is 1. The normalized spacial score (nSPS) is 26.4. The first kappa shape index (κ1) is 22.8. The maximum absolute atomic E-state index is 13.9. The number of carbonyl (C=O) groups excluding carboxylic acids is 3. The topological polar surface area (TPSA) is 98.7 Å². The molecule has 7 nitrogen and oxygen atoms in total. The molecule has 6 rings (SSSR count). The number of carbonyl (C=O) groups is 3. The van der Waals surface area contributed by atoms with E-state index in [1.54, 1.807) is 42.5 Å². The number of imide groups is 1. The van der Waals surface area contributed by atoms with Crippen molar-refractivity contribution in [3.63, 3.8) is 0 Å². The van der Waals surface area contributed by atoms with Gasteiger partial charge in [-0.25, -0.2) is 0 Å². The number of hydrogen-bond donors (Lipinski definition) is 3. The average Bonchev–Trinajstić information content (AvgIpc) is 3.44. The molecule has 3 N–H and O–H groups in total. The first-order valence-corrected chi connectivity index (χ1v) is 12.3. The summed E-state index contributed by atoms with van der Waals surface area (Å²) in [6.45, 7) is 0.251. The second kappa shape index (κ2) is 8.47.